The van der Waals surface area contributed by atoms with Gasteiger partial charge in [-0.1, -0.05) is 38.5 Å². The zero-order chi connectivity index (χ0) is 9.52. The average molecular weight is 184 g/mol. The molecule has 0 aromatic heterocycles. The molecule has 2 heteroatoms. The minimum Gasteiger partial charge on any atom is -0.466 e. The molecule has 1 aliphatic rings. The van der Waals surface area contributed by atoms with Gasteiger partial charge in [0.2, 0.25) is 0 Å². The van der Waals surface area contributed by atoms with Crippen LogP contribution in [0.25, 0.3) is 0 Å². The largest absolute Gasteiger partial charge is 0.466 e. The smallest absolute Gasteiger partial charge is 0.302 e. The van der Waals surface area contributed by atoms with E-state index in [9.17, 15) is 4.79 Å². The van der Waals surface area contributed by atoms with Gasteiger partial charge in [0, 0.05) is 6.92 Å². The molecule has 0 spiro atoms. The molecule has 0 radical (unpaired) electrons. The van der Waals surface area contributed by atoms with E-state index in [2.05, 4.69) is 0 Å². The molecular weight excluding hydrogens is 164 g/mol. The van der Waals surface area contributed by atoms with Crippen LogP contribution in [0, 0.1) is 5.92 Å². The van der Waals surface area contributed by atoms with E-state index >= 15 is 0 Å². The second-order valence-corrected chi connectivity index (χ2v) is 3.99. The monoisotopic (exact) mass is 184 g/mol. The van der Waals surface area contributed by atoms with Gasteiger partial charge in [0.1, 0.15) is 0 Å². The molecule has 0 N–H and O–H groups in total. The van der Waals surface area contributed by atoms with Crippen molar-refractivity contribution in [3.8, 4) is 0 Å². The van der Waals surface area contributed by atoms with Crippen molar-refractivity contribution in [2.75, 3.05) is 6.61 Å². The molecule has 0 aromatic rings. The maximum absolute atomic E-state index is 10.5. The summed E-state index contributed by atoms with van der Waals surface area (Å²) in [6.07, 6.45) is 9.26. The third-order valence-corrected chi connectivity index (χ3v) is 2.81. The van der Waals surface area contributed by atoms with Gasteiger partial charge in [-0.05, 0) is 12.3 Å². The fourth-order valence-electron chi connectivity index (χ4n) is 2.02. The van der Waals surface area contributed by atoms with Crippen LogP contribution in [0.1, 0.15) is 51.9 Å². The molecule has 0 aliphatic heterocycles. The summed E-state index contributed by atoms with van der Waals surface area (Å²) in [5.74, 6) is 0.662. The Morgan fingerprint density at radius 2 is 1.85 bits per heavy atom. The summed E-state index contributed by atoms with van der Waals surface area (Å²) in [6, 6.07) is 0. The Morgan fingerprint density at radius 1 is 1.23 bits per heavy atom. The summed E-state index contributed by atoms with van der Waals surface area (Å²) in [4.78, 5) is 10.5. The molecule has 1 saturated carbocycles. The standard InChI is InChI=1S/C11H20O2/c1-10(12)13-9-8-11-6-4-2-3-5-7-11/h11H,2-9H2,1H3. The Bertz CT molecular complexity index is 146. The number of hydrogen-bond acceptors (Lipinski definition) is 2. The van der Waals surface area contributed by atoms with Crippen LogP contribution in [0.15, 0.2) is 0 Å². The first-order valence-corrected chi connectivity index (χ1v) is 5.42. The lowest BCUT2D eigenvalue weighted by molar-refractivity contribution is -0.141. The highest BCUT2D eigenvalue weighted by atomic mass is 16.5. The number of ether oxygens (including phenoxy) is 1. The van der Waals surface area contributed by atoms with E-state index in [1.807, 2.05) is 0 Å². The second kappa shape index (κ2) is 6.01. The number of rotatable bonds is 3. The fourth-order valence-corrected chi connectivity index (χ4v) is 2.02. The van der Waals surface area contributed by atoms with Crippen LogP contribution in [0.3, 0.4) is 0 Å². The van der Waals surface area contributed by atoms with Gasteiger partial charge in [-0.25, -0.2) is 0 Å². The molecule has 0 aromatic carbocycles. The minimum atomic E-state index is -0.145. The topological polar surface area (TPSA) is 26.3 Å². The molecule has 76 valence electrons. The van der Waals surface area contributed by atoms with Gasteiger partial charge < -0.3 is 4.74 Å². The number of hydrogen-bond donors (Lipinski definition) is 0. The molecule has 0 heterocycles. The van der Waals surface area contributed by atoms with Crippen LogP contribution in [0.5, 0.6) is 0 Å². The quantitative estimate of drug-likeness (QED) is 0.498. The van der Waals surface area contributed by atoms with E-state index in [0.29, 0.717) is 6.61 Å². The summed E-state index contributed by atoms with van der Waals surface area (Å²) in [5, 5.41) is 0. The predicted octanol–water partition coefficient (Wildman–Crippen LogP) is 2.91. The molecule has 1 fully saturated rings. The highest BCUT2D eigenvalue weighted by Gasteiger charge is 2.11. The van der Waals surface area contributed by atoms with Crippen molar-refractivity contribution in [2.45, 2.75) is 51.9 Å². The maximum atomic E-state index is 10.5. The van der Waals surface area contributed by atoms with Gasteiger partial charge in [0.25, 0.3) is 0 Å². The zero-order valence-corrected chi connectivity index (χ0v) is 8.55. The van der Waals surface area contributed by atoms with Crippen molar-refractivity contribution in [1.82, 2.24) is 0 Å². The number of carbonyl (C=O) groups excluding carboxylic acids is 1. The Kier molecular flexibility index (Phi) is 4.87. The van der Waals surface area contributed by atoms with Gasteiger partial charge in [-0.3, -0.25) is 4.79 Å². The molecule has 0 amide bonds. The fraction of sp³-hybridized carbons (Fsp3) is 0.909. The lowest BCUT2D eigenvalue weighted by atomic mass is 9.97. The van der Waals surface area contributed by atoms with Crippen LogP contribution >= 0.6 is 0 Å². The van der Waals surface area contributed by atoms with Gasteiger partial charge in [0.05, 0.1) is 6.61 Å². The van der Waals surface area contributed by atoms with Crippen molar-refractivity contribution < 1.29 is 9.53 Å². The maximum Gasteiger partial charge on any atom is 0.302 e. The third kappa shape index (κ3) is 4.91. The van der Waals surface area contributed by atoms with Crippen molar-refractivity contribution in [2.24, 2.45) is 5.92 Å². The van der Waals surface area contributed by atoms with E-state index < -0.39 is 0 Å². The van der Waals surface area contributed by atoms with Crippen LogP contribution < -0.4 is 0 Å². The Labute approximate surface area is 80.7 Å². The van der Waals surface area contributed by atoms with Crippen LogP contribution in [-0.2, 0) is 9.53 Å². The molecule has 1 aliphatic carbocycles. The van der Waals surface area contributed by atoms with Gasteiger partial charge >= 0.3 is 5.97 Å². The summed E-state index contributed by atoms with van der Waals surface area (Å²) >= 11 is 0. The first-order chi connectivity index (χ1) is 6.29. The van der Waals surface area contributed by atoms with E-state index in [0.717, 1.165) is 12.3 Å². The van der Waals surface area contributed by atoms with Gasteiger partial charge in [0.15, 0.2) is 0 Å². The van der Waals surface area contributed by atoms with Crippen molar-refractivity contribution in [3.63, 3.8) is 0 Å². The van der Waals surface area contributed by atoms with E-state index in [4.69, 9.17) is 4.74 Å². The van der Waals surface area contributed by atoms with E-state index in [1.54, 1.807) is 0 Å². The molecule has 0 atom stereocenters. The molecule has 0 bridgehead atoms. The van der Waals surface area contributed by atoms with Gasteiger partial charge in [-0.15, -0.1) is 0 Å². The molecule has 0 unspecified atom stereocenters. The van der Waals surface area contributed by atoms with Crippen molar-refractivity contribution >= 4 is 5.97 Å². The van der Waals surface area contributed by atoms with Crippen molar-refractivity contribution in [3.05, 3.63) is 0 Å². The van der Waals surface area contributed by atoms with Crippen LogP contribution in [0.4, 0.5) is 0 Å². The SMILES string of the molecule is CC(=O)OCCC1CCCCCC1. The van der Waals surface area contributed by atoms with E-state index in [1.165, 1.54) is 45.4 Å². The average Bonchev–Trinajstić information content (AvgIpc) is 2.32. The lowest BCUT2D eigenvalue weighted by Crippen LogP contribution is -2.07. The third-order valence-electron chi connectivity index (χ3n) is 2.81. The summed E-state index contributed by atoms with van der Waals surface area (Å²) in [7, 11) is 0. The highest BCUT2D eigenvalue weighted by Crippen LogP contribution is 2.25. The van der Waals surface area contributed by atoms with E-state index in [-0.39, 0.29) is 5.97 Å². The molecular formula is C11H20O2. The Hall–Kier alpha value is -0.530. The Balaban J connectivity index is 2.08. The van der Waals surface area contributed by atoms with Crippen molar-refractivity contribution in [1.29, 1.82) is 0 Å². The number of carbonyl (C=O) groups is 1. The molecule has 13 heavy (non-hydrogen) atoms. The highest BCUT2D eigenvalue weighted by molar-refractivity contribution is 5.65. The summed E-state index contributed by atoms with van der Waals surface area (Å²) < 4.78 is 4.95. The second-order valence-electron chi connectivity index (χ2n) is 3.99. The normalized spacial score (nSPS) is 19.5. The van der Waals surface area contributed by atoms with Gasteiger partial charge in [-0.2, -0.15) is 0 Å². The minimum absolute atomic E-state index is 0.145. The first kappa shape index (κ1) is 10.6. The summed E-state index contributed by atoms with van der Waals surface area (Å²) in [5.41, 5.74) is 0. The van der Waals surface area contributed by atoms with Crippen LogP contribution in [0.2, 0.25) is 0 Å². The Morgan fingerprint density at radius 3 is 2.38 bits per heavy atom. The zero-order valence-electron chi connectivity index (χ0n) is 8.55. The van der Waals surface area contributed by atoms with Crippen LogP contribution in [-0.4, -0.2) is 12.6 Å². The molecule has 2 nitrogen and oxygen atoms in total. The molecule has 0 saturated heterocycles. The first-order valence-electron chi connectivity index (χ1n) is 5.42. The number of esters is 1. The predicted molar refractivity (Wildman–Crippen MR) is 52.4 cm³/mol. The summed E-state index contributed by atoms with van der Waals surface area (Å²) in [6.45, 7) is 2.10. The lowest BCUT2D eigenvalue weighted by Gasteiger charge is -2.12. The molecule has 1 rings (SSSR count).